The van der Waals surface area contributed by atoms with Gasteiger partial charge in [-0.1, -0.05) is 6.92 Å². The van der Waals surface area contributed by atoms with Crippen LogP contribution in [0.3, 0.4) is 0 Å². The van der Waals surface area contributed by atoms with Gasteiger partial charge in [0.15, 0.2) is 5.82 Å². The number of rotatable bonds is 7. The summed E-state index contributed by atoms with van der Waals surface area (Å²) in [5.41, 5.74) is 6.53. The highest BCUT2D eigenvalue weighted by atomic mass is 16.1. The highest BCUT2D eigenvalue weighted by Crippen LogP contribution is 2.26. The van der Waals surface area contributed by atoms with Gasteiger partial charge in [-0.25, -0.2) is 9.98 Å². The summed E-state index contributed by atoms with van der Waals surface area (Å²) in [6.07, 6.45) is 5.15. The Morgan fingerprint density at radius 2 is 2.38 bits per heavy atom. The first kappa shape index (κ1) is 18.2. The van der Waals surface area contributed by atoms with Crippen LogP contribution < -0.4 is 16.0 Å². The van der Waals surface area contributed by atoms with Crippen LogP contribution in [-0.2, 0) is 0 Å². The van der Waals surface area contributed by atoms with E-state index in [0.717, 1.165) is 26.1 Å². The second kappa shape index (κ2) is 8.63. The average molecular weight is 332 g/mol. The minimum atomic E-state index is -0.121. The number of carbonyl (C=O) groups is 1. The summed E-state index contributed by atoms with van der Waals surface area (Å²) in [5.74, 6) is 0.591. The molecule has 1 unspecified atom stereocenters. The van der Waals surface area contributed by atoms with Gasteiger partial charge >= 0.3 is 0 Å². The number of likely N-dealkylation sites (tertiary alicyclic amines) is 1. The minimum Gasteiger partial charge on any atom is -0.390 e. The smallest absolute Gasteiger partial charge is 0.252 e. The molecular weight excluding hydrogens is 304 g/mol. The lowest BCUT2D eigenvalue weighted by molar-refractivity contribution is 0.0941. The fourth-order valence-corrected chi connectivity index (χ4v) is 3.04. The van der Waals surface area contributed by atoms with Crippen molar-refractivity contribution < 1.29 is 4.79 Å². The van der Waals surface area contributed by atoms with Crippen LogP contribution in [0.4, 0.5) is 11.5 Å². The summed E-state index contributed by atoms with van der Waals surface area (Å²) in [5, 5.41) is 3.02. The predicted molar refractivity (Wildman–Crippen MR) is 98.1 cm³/mol. The van der Waals surface area contributed by atoms with Crippen LogP contribution in [-0.4, -0.2) is 61.4 Å². The summed E-state index contributed by atoms with van der Waals surface area (Å²) in [6, 6.07) is 2.17. The lowest BCUT2D eigenvalue weighted by Gasteiger charge is -2.23. The topological polar surface area (TPSA) is 86.9 Å². The van der Waals surface area contributed by atoms with Crippen LogP contribution >= 0.6 is 0 Å². The molecule has 1 atom stereocenters. The highest BCUT2D eigenvalue weighted by Gasteiger charge is 2.23. The molecule has 0 aliphatic carbocycles. The van der Waals surface area contributed by atoms with E-state index in [9.17, 15) is 4.79 Å². The molecule has 0 radical (unpaired) electrons. The van der Waals surface area contributed by atoms with Crippen molar-refractivity contribution in [2.24, 2.45) is 10.7 Å². The van der Waals surface area contributed by atoms with E-state index in [-0.39, 0.29) is 5.91 Å². The molecule has 1 fully saturated rings. The van der Waals surface area contributed by atoms with Crippen LogP contribution in [0.1, 0.15) is 37.0 Å². The number of carbonyl (C=O) groups excluding carboxylic acids is 1. The number of nitrogens with zero attached hydrogens (tertiary/aromatic N) is 4. The molecule has 24 heavy (non-hydrogen) atoms. The molecule has 2 rings (SSSR count). The Labute approximate surface area is 143 Å². The Morgan fingerprint density at radius 1 is 1.58 bits per heavy atom. The Morgan fingerprint density at radius 3 is 3.04 bits per heavy atom. The summed E-state index contributed by atoms with van der Waals surface area (Å²) in [7, 11) is 1.93. The summed E-state index contributed by atoms with van der Waals surface area (Å²) in [6.45, 7) is 7.78. The number of aromatic nitrogens is 1. The van der Waals surface area contributed by atoms with Gasteiger partial charge in [-0.15, -0.1) is 0 Å². The number of hydrogen-bond acceptors (Lipinski definition) is 5. The van der Waals surface area contributed by atoms with Gasteiger partial charge in [-0.3, -0.25) is 9.69 Å². The zero-order chi connectivity index (χ0) is 17.5. The highest BCUT2D eigenvalue weighted by molar-refractivity contribution is 5.95. The molecule has 2 heterocycles. The van der Waals surface area contributed by atoms with Crippen molar-refractivity contribution >= 4 is 23.8 Å². The normalized spacial score (nSPS) is 18.2. The predicted octanol–water partition coefficient (Wildman–Crippen LogP) is 1.37. The van der Waals surface area contributed by atoms with Crippen LogP contribution in [0.5, 0.6) is 0 Å². The second-order valence-corrected chi connectivity index (χ2v) is 5.99. The third-order valence-electron chi connectivity index (χ3n) is 4.56. The lowest BCUT2D eigenvalue weighted by Crippen LogP contribution is -2.40. The molecule has 132 valence electrons. The largest absolute Gasteiger partial charge is 0.390 e. The van der Waals surface area contributed by atoms with E-state index in [1.165, 1.54) is 12.8 Å². The number of aliphatic imine (C=N–C) groups is 1. The molecule has 0 spiro atoms. The maximum atomic E-state index is 12.4. The zero-order valence-electron chi connectivity index (χ0n) is 14.8. The van der Waals surface area contributed by atoms with Crippen LogP contribution in [0, 0.1) is 0 Å². The summed E-state index contributed by atoms with van der Waals surface area (Å²) in [4.78, 5) is 25.3. The lowest BCUT2D eigenvalue weighted by atomic mass is 10.2. The van der Waals surface area contributed by atoms with E-state index in [2.05, 4.69) is 27.1 Å². The molecule has 0 bridgehead atoms. The molecule has 1 amide bonds. The Bertz CT molecular complexity index is 588. The minimum absolute atomic E-state index is 0.121. The van der Waals surface area contributed by atoms with Gasteiger partial charge < -0.3 is 16.0 Å². The van der Waals surface area contributed by atoms with Gasteiger partial charge in [-0.2, -0.15) is 0 Å². The van der Waals surface area contributed by atoms with Gasteiger partial charge in [0, 0.05) is 32.4 Å². The molecule has 1 saturated heterocycles. The number of nitrogens with one attached hydrogen (secondary N) is 1. The quantitative estimate of drug-likeness (QED) is 0.582. The summed E-state index contributed by atoms with van der Waals surface area (Å²) >= 11 is 0. The van der Waals surface area contributed by atoms with Gasteiger partial charge in [0.1, 0.15) is 5.69 Å². The molecule has 1 aliphatic rings. The van der Waals surface area contributed by atoms with Crippen molar-refractivity contribution in [2.75, 3.05) is 38.1 Å². The van der Waals surface area contributed by atoms with E-state index in [1.54, 1.807) is 12.3 Å². The van der Waals surface area contributed by atoms with Gasteiger partial charge in [0.25, 0.3) is 5.91 Å². The van der Waals surface area contributed by atoms with Gasteiger partial charge in [0.05, 0.1) is 11.9 Å². The average Bonchev–Trinajstić information content (AvgIpc) is 3.06. The van der Waals surface area contributed by atoms with Crippen LogP contribution in [0.15, 0.2) is 17.3 Å². The monoisotopic (exact) mass is 332 g/mol. The first-order valence-corrected chi connectivity index (χ1v) is 8.58. The fourth-order valence-electron chi connectivity index (χ4n) is 3.04. The molecule has 0 aromatic carbocycles. The Balaban J connectivity index is 2.07. The van der Waals surface area contributed by atoms with Crippen LogP contribution in [0.2, 0.25) is 0 Å². The van der Waals surface area contributed by atoms with Crippen molar-refractivity contribution in [1.82, 2.24) is 15.2 Å². The number of hydrogen-bond donors (Lipinski definition) is 2. The molecule has 7 heteroatoms. The number of anilines is 1. The molecule has 1 aromatic rings. The molecule has 7 nitrogen and oxygen atoms in total. The summed E-state index contributed by atoms with van der Waals surface area (Å²) < 4.78 is 0. The van der Waals surface area contributed by atoms with Gasteiger partial charge in [0.2, 0.25) is 0 Å². The number of likely N-dealkylation sites (N-methyl/N-ethyl adjacent to an activating group) is 1. The Hall–Kier alpha value is -2.15. The molecule has 1 aromatic heterocycles. The molecular formula is C17H28N6O. The molecule has 0 saturated carbocycles. The van der Waals surface area contributed by atoms with Crippen molar-refractivity contribution in [1.29, 1.82) is 0 Å². The fraction of sp³-hybridized carbons (Fsp3) is 0.588. The van der Waals surface area contributed by atoms with E-state index in [4.69, 9.17) is 5.73 Å². The maximum Gasteiger partial charge on any atom is 0.252 e. The second-order valence-electron chi connectivity index (χ2n) is 5.99. The van der Waals surface area contributed by atoms with Crippen LogP contribution in [0.25, 0.3) is 0 Å². The third kappa shape index (κ3) is 4.23. The SMILES string of the molecule is CCN(C)c1ncc(C(=O)NCC2CCCN2CC)cc1N=CN. The molecule has 3 N–H and O–H groups in total. The Kier molecular flexibility index (Phi) is 6.54. The number of pyridine rings is 1. The first-order valence-electron chi connectivity index (χ1n) is 8.58. The van der Waals surface area contributed by atoms with Crippen molar-refractivity contribution in [3.63, 3.8) is 0 Å². The third-order valence-corrected chi connectivity index (χ3v) is 4.56. The zero-order valence-corrected chi connectivity index (χ0v) is 14.8. The van der Waals surface area contributed by atoms with Crippen molar-refractivity contribution in [2.45, 2.75) is 32.7 Å². The van der Waals surface area contributed by atoms with E-state index in [1.807, 2.05) is 18.9 Å². The van der Waals surface area contributed by atoms with E-state index in [0.29, 0.717) is 29.7 Å². The first-order chi connectivity index (χ1) is 11.6. The van der Waals surface area contributed by atoms with E-state index >= 15 is 0 Å². The maximum absolute atomic E-state index is 12.4. The van der Waals surface area contributed by atoms with Crippen molar-refractivity contribution in [3.8, 4) is 0 Å². The molecule has 1 aliphatic heterocycles. The number of amides is 1. The number of nitrogens with two attached hydrogens (primary N) is 1. The van der Waals surface area contributed by atoms with E-state index < -0.39 is 0 Å². The van der Waals surface area contributed by atoms with Gasteiger partial charge in [-0.05, 0) is 38.9 Å². The van der Waals surface area contributed by atoms with Crippen molar-refractivity contribution in [3.05, 3.63) is 17.8 Å². The standard InChI is InChI=1S/C17H28N6O/c1-4-22(3)16-15(21-12-18)9-13(10-19-16)17(24)20-11-14-7-6-8-23(14)5-2/h9-10,12,14H,4-8,11H2,1-3H3,(H2,18,21)(H,20,24).